The number of hydrogen-bond acceptors (Lipinski definition) is 0. The van der Waals surface area contributed by atoms with E-state index < -0.39 is 0 Å². The molecule has 4 atom stereocenters. The highest BCUT2D eigenvalue weighted by molar-refractivity contribution is 7.27. The molecule has 0 heterocycles. The van der Waals surface area contributed by atoms with Gasteiger partial charge in [-0.1, -0.05) is 36.4 Å². The molecule has 0 aromatic heterocycles. The summed E-state index contributed by atoms with van der Waals surface area (Å²) in [6.07, 6.45) is 7.74. The van der Waals surface area contributed by atoms with Gasteiger partial charge in [0.1, 0.15) is 0 Å². The van der Waals surface area contributed by atoms with Crippen molar-refractivity contribution in [2.24, 2.45) is 0 Å². The molecule has 0 N–H and O–H groups in total. The smallest absolute Gasteiger partial charge is 0.0164 e. The van der Waals surface area contributed by atoms with Crippen LogP contribution >= 0.6 is 18.5 Å². The maximum atomic E-state index is 3.15. The van der Waals surface area contributed by atoms with Crippen molar-refractivity contribution >= 4 is 23.8 Å². The highest BCUT2D eigenvalue weighted by Gasteiger charge is 2.31. The maximum absolute atomic E-state index is 3.15. The van der Waals surface area contributed by atoms with Crippen molar-refractivity contribution in [3.05, 3.63) is 64.2 Å². The number of aryl methyl sites for hydroxylation is 2. The SMILES string of the molecule is Pc1ccc2c(c1[C@@H]1c3ccccc3CCC1P)CCCC2. The molecule has 0 bridgehead atoms. The third-order valence-electron chi connectivity index (χ3n) is 5.49. The summed E-state index contributed by atoms with van der Waals surface area (Å²) in [5.74, 6) is 0.551. The summed E-state index contributed by atoms with van der Waals surface area (Å²) in [7, 11) is 6.16. The third-order valence-corrected chi connectivity index (χ3v) is 6.71. The molecule has 4 rings (SSSR count). The highest BCUT2D eigenvalue weighted by atomic mass is 31.0. The molecular formula is C20H24P2. The number of hydrogen-bond donors (Lipinski definition) is 0. The Morgan fingerprint density at radius 2 is 1.68 bits per heavy atom. The van der Waals surface area contributed by atoms with Crippen LogP contribution in [0.3, 0.4) is 0 Å². The molecule has 2 heteroatoms. The van der Waals surface area contributed by atoms with Crippen LogP contribution in [0.4, 0.5) is 0 Å². The molecule has 0 saturated heterocycles. The standard InChI is InChI=1S/C20H24P2/c21-17-11-9-13-5-1-3-7-15(13)19(17)20-16-8-4-2-6-14(16)10-12-18(20)22/h1,3,5,7,10,12,17,19H,2,4,6,8-9,11,21-22H2/t17?,19-/m1/s1. The molecule has 2 aromatic carbocycles. The van der Waals surface area contributed by atoms with E-state index >= 15 is 0 Å². The zero-order valence-electron chi connectivity index (χ0n) is 13.0. The molecule has 2 aromatic rings. The van der Waals surface area contributed by atoms with Gasteiger partial charge in [0.15, 0.2) is 0 Å². The molecule has 0 nitrogen and oxygen atoms in total. The third kappa shape index (κ3) is 2.46. The summed E-state index contributed by atoms with van der Waals surface area (Å²) >= 11 is 0. The lowest BCUT2D eigenvalue weighted by Crippen LogP contribution is -2.27. The predicted octanol–water partition coefficient (Wildman–Crippen LogP) is 4.39. The fourth-order valence-electron chi connectivity index (χ4n) is 4.40. The Kier molecular flexibility index (Phi) is 4.10. The first-order valence-corrected chi connectivity index (χ1v) is 9.73. The second-order valence-electron chi connectivity index (χ2n) is 6.79. The molecule has 0 spiro atoms. The van der Waals surface area contributed by atoms with Crippen molar-refractivity contribution in [3.8, 4) is 0 Å². The Labute approximate surface area is 138 Å². The average molecular weight is 326 g/mol. The summed E-state index contributed by atoms with van der Waals surface area (Å²) < 4.78 is 0. The normalized spacial score (nSPS) is 23.7. The fraction of sp³-hybridized carbons (Fsp3) is 0.400. The van der Waals surface area contributed by atoms with Crippen LogP contribution in [0, 0.1) is 0 Å². The Balaban J connectivity index is 1.92. The maximum Gasteiger partial charge on any atom is 0.0164 e. The van der Waals surface area contributed by atoms with Crippen LogP contribution in [0.15, 0.2) is 36.4 Å². The summed E-state index contributed by atoms with van der Waals surface area (Å²) in [5.41, 5.74) is 8.66. The molecule has 2 aliphatic carbocycles. The molecule has 114 valence electrons. The van der Waals surface area contributed by atoms with Crippen molar-refractivity contribution in [1.82, 2.24) is 0 Å². The van der Waals surface area contributed by atoms with E-state index in [-0.39, 0.29) is 0 Å². The first-order valence-electron chi connectivity index (χ1n) is 8.49. The first-order chi connectivity index (χ1) is 10.8. The highest BCUT2D eigenvalue weighted by Crippen LogP contribution is 2.43. The van der Waals surface area contributed by atoms with E-state index in [1.54, 1.807) is 27.8 Å². The molecule has 0 fully saturated rings. The van der Waals surface area contributed by atoms with E-state index in [2.05, 4.69) is 54.9 Å². The second-order valence-corrected chi connectivity index (χ2v) is 8.27. The Morgan fingerprint density at radius 3 is 2.59 bits per heavy atom. The van der Waals surface area contributed by atoms with Crippen LogP contribution < -0.4 is 5.30 Å². The van der Waals surface area contributed by atoms with Crippen molar-refractivity contribution in [2.75, 3.05) is 0 Å². The Morgan fingerprint density at radius 1 is 0.864 bits per heavy atom. The number of fused-ring (bicyclic) bond motifs is 2. The molecule has 3 unspecified atom stereocenters. The van der Waals surface area contributed by atoms with Crippen molar-refractivity contribution < 1.29 is 0 Å². The lowest BCUT2D eigenvalue weighted by atomic mass is 9.74. The lowest BCUT2D eigenvalue weighted by molar-refractivity contribution is 0.616. The van der Waals surface area contributed by atoms with E-state index in [0.29, 0.717) is 11.6 Å². The van der Waals surface area contributed by atoms with Gasteiger partial charge in [0.05, 0.1) is 0 Å². The van der Waals surface area contributed by atoms with Gasteiger partial charge in [-0.25, -0.2) is 0 Å². The van der Waals surface area contributed by atoms with Crippen LogP contribution in [0.1, 0.15) is 53.0 Å². The van der Waals surface area contributed by atoms with Gasteiger partial charge < -0.3 is 0 Å². The van der Waals surface area contributed by atoms with Crippen molar-refractivity contribution in [1.29, 1.82) is 0 Å². The molecule has 0 amide bonds. The molecule has 0 aliphatic heterocycles. The Hall–Kier alpha value is -0.700. The van der Waals surface area contributed by atoms with E-state index in [9.17, 15) is 0 Å². The van der Waals surface area contributed by atoms with Crippen LogP contribution in [-0.4, -0.2) is 5.66 Å². The van der Waals surface area contributed by atoms with Gasteiger partial charge in [0, 0.05) is 5.92 Å². The first kappa shape index (κ1) is 14.9. The molecule has 0 saturated carbocycles. The fourth-order valence-corrected chi connectivity index (χ4v) is 5.41. The van der Waals surface area contributed by atoms with Gasteiger partial charge in [0.25, 0.3) is 0 Å². The zero-order valence-corrected chi connectivity index (χ0v) is 15.3. The van der Waals surface area contributed by atoms with E-state index in [4.69, 9.17) is 0 Å². The molecule has 0 radical (unpaired) electrons. The van der Waals surface area contributed by atoms with Gasteiger partial charge in [-0.2, -0.15) is 0 Å². The Bertz CT molecular complexity index is 705. The summed E-state index contributed by atoms with van der Waals surface area (Å²) in [5, 5.41) is 1.41. The largest absolute Gasteiger partial charge is 0.133 e. The number of rotatable bonds is 1. The monoisotopic (exact) mass is 326 g/mol. The van der Waals surface area contributed by atoms with Crippen LogP contribution in [0.5, 0.6) is 0 Å². The van der Waals surface area contributed by atoms with E-state index in [1.165, 1.54) is 43.8 Å². The molecule has 2 aliphatic rings. The minimum absolute atomic E-state index is 0.551. The van der Waals surface area contributed by atoms with Crippen LogP contribution in [0.25, 0.3) is 0 Å². The summed E-state index contributed by atoms with van der Waals surface area (Å²) in [6.45, 7) is 0. The predicted molar refractivity (Wildman–Crippen MR) is 103 cm³/mol. The topological polar surface area (TPSA) is 0 Å². The van der Waals surface area contributed by atoms with Crippen molar-refractivity contribution in [2.45, 2.75) is 50.1 Å². The summed E-state index contributed by atoms with van der Waals surface area (Å²) in [4.78, 5) is 0. The number of benzene rings is 2. The van der Waals surface area contributed by atoms with Crippen molar-refractivity contribution in [3.63, 3.8) is 0 Å². The van der Waals surface area contributed by atoms with Crippen LogP contribution in [0.2, 0.25) is 0 Å². The van der Waals surface area contributed by atoms with Gasteiger partial charge in [0.2, 0.25) is 0 Å². The van der Waals surface area contributed by atoms with Gasteiger partial charge in [-0.3, -0.25) is 0 Å². The second kappa shape index (κ2) is 6.07. The molecule has 22 heavy (non-hydrogen) atoms. The van der Waals surface area contributed by atoms with Gasteiger partial charge >= 0.3 is 0 Å². The lowest BCUT2D eigenvalue weighted by Gasteiger charge is -2.35. The minimum atomic E-state index is 0.551. The minimum Gasteiger partial charge on any atom is -0.133 e. The van der Waals surface area contributed by atoms with E-state index in [0.717, 1.165) is 0 Å². The van der Waals surface area contributed by atoms with E-state index in [1.807, 2.05) is 0 Å². The molecular weight excluding hydrogens is 302 g/mol. The quantitative estimate of drug-likeness (QED) is 0.682. The zero-order chi connectivity index (χ0) is 15.1. The van der Waals surface area contributed by atoms with Gasteiger partial charge in [-0.15, -0.1) is 18.5 Å². The summed E-state index contributed by atoms with van der Waals surface area (Å²) in [6, 6.07) is 13.8. The van der Waals surface area contributed by atoms with Crippen LogP contribution in [-0.2, 0) is 19.3 Å². The van der Waals surface area contributed by atoms with Gasteiger partial charge in [-0.05, 0) is 77.3 Å². The average Bonchev–Trinajstić information content (AvgIpc) is 2.56.